The quantitative estimate of drug-likeness (QED) is 0.143. The summed E-state index contributed by atoms with van der Waals surface area (Å²) in [4.78, 5) is 5.00. The van der Waals surface area contributed by atoms with Gasteiger partial charge in [-0.1, -0.05) is 218 Å². The van der Waals surface area contributed by atoms with Crippen molar-refractivity contribution in [2.45, 2.75) is 19.3 Å². The van der Waals surface area contributed by atoms with Crippen molar-refractivity contribution in [3.05, 3.63) is 331 Å². The van der Waals surface area contributed by atoms with E-state index in [1.165, 1.54) is 105 Å². The van der Waals surface area contributed by atoms with Crippen molar-refractivity contribution in [2.24, 2.45) is 0 Å². The molecule has 0 atom stereocenters. The number of rotatable bonds is 9. The molecule has 2 aliphatic rings. The van der Waals surface area contributed by atoms with Crippen LogP contribution in [0.25, 0.3) is 82.8 Å². The van der Waals surface area contributed by atoms with Gasteiger partial charge in [-0.2, -0.15) is 0 Å². The van der Waals surface area contributed by atoms with Crippen LogP contribution in [-0.4, -0.2) is 4.57 Å². The van der Waals surface area contributed by atoms with Crippen LogP contribution < -0.4 is 9.80 Å². The molecule has 16 rings (SSSR count). The van der Waals surface area contributed by atoms with Crippen molar-refractivity contribution in [1.82, 2.24) is 4.57 Å². The molecule has 386 valence electrons. The number of aromatic nitrogens is 1. The largest absolute Gasteiger partial charge is 0.310 e. The van der Waals surface area contributed by atoms with Crippen molar-refractivity contribution in [3.8, 4) is 50.2 Å². The minimum absolute atomic E-state index is 0.777. The van der Waals surface area contributed by atoms with E-state index in [2.05, 4.69) is 325 Å². The molecule has 0 bridgehead atoms. The lowest BCUT2D eigenvalue weighted by molar-refractivity contribution is 0.801. The van der Waals surface area contributed by atoms with E-state index in [4.69, 9.17) is 0 Å². The van der Waals surface area contributed by atoms with Gasteiger partial charge < -0.3 is 14.4 Å². The number of fused-ring (bicyclic) bond motifs is 16. The van der Waals surface area contributed by atoms with Crippen LogP contribution in [0.2, 0.25) is 0 Å². The molecule has 13 aromatic carbocycles. The number of benzene rings is 13. The van der Waals surface area contributed by atoms with Crippen molar-refractivity contribution < 1.29 is 0 Å². The molecule has 1 heterocycles. The van der Waals surface area contributed by atoms with Crippen LogP contribution in [0.5, 0.6) is 0 Å². The molecule has 14 aromatic rings. The summed E-state index contributed by atoms with van der Waals surface area (Å²) in [6, 6.07) is 111. The number of aryl methyl sites for hydroxylation is 2. The maximum Gasteiger partial charge on any atom is 0.0733 e. The lowest BCUT2D eigenvalue weighted by atomic mass is 9.69. The van der Waals surface area contributed by atoms with E-state index in [1.807, 2.05) is 0 Å². The number of nitrogens with zero attached hydrogens (tertiary/aromatic N) is 3. The molecule has 1 aromatic heterocycles. The third-order valence-electron chi connectivity index (χ3n) is 17.6. The average molecular weight is 1050 g/mol. The molecule has 0 saturated heterocycles. The summed E-state index contributed by atoms with van der Waals surface area (Å²) in [6.45, 7) is 4.44. The van der Waals surface area contributed by atoms with Crippen LogP contribution in [-0.2, 0) is 5.41 Å². The van der Waals surface area contributed by atoms with Gasteiger partial charge in [0.1, 0.15) is 0 Å². The minimum atomic E-state index is -0.777. The molecule has 0 N–H and O–H groups in total. The smallest absolute Gasteiger partial charge is 0.0733 e. The van der Waals surface area contributed by atoms with E-state index in [0.29, 0.717) is 0 Å². The van der Waals surface area contributed by atoms with Crippen molar-refractivity contribution in [1.29, 1.82) is 0 Å². The fourth-order valence-corrected chi connectivity index (χ4v) is 14.2. The van der Waals surface area contributed by atoms with Gasteiger partial charge in [-0.05, 0) is 170 Å². The topological polar surface area (TPSA) is 11.4 Å². The molecule has 3 nitrogen and oxygen atoms in total. The maximum atomic E-state index is 2.58. The predicted octanol–water partition coefficient (Wildman–Crippen LogP) is 21.2. The summed E-state index contributed by atoms with van der Waals surface area (Å²) in [6.07, 6.45) is 0. The summed E-state index contributed by atoms with van der Waals surface area (Å²) in [5, 5.41) is 4.89. The molecular formula is C79H55N3. The Bertz CT molecular complexity index is 4670. The van der Waals surface area contributed by atoms with E-state index in [1.54, 1.807) is 0 Å². The van der Waals surface area contributed by atoms with Crippen LogP contribution in [0.1, 0.15) is 33.4 Å². The zero-order valence-corrected chi connectivity index (χ0v) is 45.6. The highest BCUT2D eigenvalue weighted by atomic mass is 15.2. The Balaban J connectivity index is 1.12. The molecule has 0 fully saturated rings. The summed E-state index contributed by atoms with van der Waals surface area (Å²) in [5.74, 6) is 0. The van der Waals surface area contributed by atoms with Gasteiger partial charge in [0.25, 0.3) is 0 Å². The van der Waals surface area contributed by atoms with E-state index in [0.717, 1.165) is 45.3 Å². The highest BCUT2D eigenvalue weighted by molar-refractivity contribution is 6.24. The summed E-state index contributed by atoms with van der Waals surface area (Å²) < 4.78 is 2.57. The highest BCUT2D eigenvalue weighted by Crippen LogP contribution is 2.68. The minimum Gasteiger partial charge on any atom is -0.310 e. The second-order valence-electron chi connectivity index (χ2n) is 22.0. The predicted molar refractivity (Wildman–Crippen MR) is 344 cm³/mol. The van der Waals surface area contributed by atoms with E-state index < -0.39 is 5.41 Å². The molecule has 0 saturated carbocycles. The highest BCUT2D eigenvalue weighted by Gasteiger charge is 2.54. The van der Waals surface area contributed by atoms with Gasteiger partial charge in [-0.15, -0.1) is 0 Å². The van der Waals surface area contributed by atoms with Gasteiger partial charge in [0.15, 0.2) is 0 Å². The van der Waals surface area contributed by atoms with Gasteiger partial charge in [-0.3, -0.25) is 0 Å². The third-order valence-corrected chi connectivity index (χ3v) is 17.6. The van der Waals surface area contributed by atoms with Crippen LogP contribution in [0.15, 0.2) is 297 Å². The molecule has 82 heavy (non-hydrogen) atoms. The van der Waals surface area contributed by atoms with Gasteiger partial charge >= 0.3 is 0 Å². The van der Waals surface area contributed by atoms with Crippen LogP contribution in [0.4, 0.5) is 34.1 Å². The Labute approximate surface area is 478 Å². The van der Waals surface area contributed by atoms with Crippen LogP contribution >= 0.6 is 0 Å². The zero-order valence-electron chi connectivity index (χ0n) is 45.6. The first-order chi connectivity index (χ1) is 40.5. The summed E-state index contributed by atoms with van der Waals surface area (Å²) in [5.41, 5.74) is 26.5. The van der Waals surface area contributed by atoms with E-state index in [9.17, 15) is 0 Å². The number of hydrogen-bond donors (Lipinski definition) is 0. The van der Waals surface area contributed by atoms with Gasteiger partial charge in [0.05, 0.1) is 22.1 Å². The van der Waals surface area contributed by atoms with Crippen molar-refractivity contribution in [2.75, 3.05) is 9.80 Å². The molecule has 1 spiro atoms. The first-order valence-electron chi connectivity index (χ1n) is 28.5. The Morgan fingerprint density at radius 1 is 0.329 bits per heavy atom. The molecule has 0 aliphatic heterocycles. The molecule has 0 amide bonds. The van der Waals surface area contributed by atoms with Gasteiger partial charge in [-0.25, -0.2) is 0 Å². The lowest BCUT2D eigenvalue weighted by Gasteiger charge is -2.33. The molecule has 2 aliphatic carbocycles. The van der Waals surface area contributed by atoms with Crippen molar-refractivity contribution in [3.63, 3.8) is 0 Å². The molecule has 0 unspecified atom stereocenters. The average Bonchev–Trinajstić information content (AvgIpc) is 1.68. The van der Waals surface area contributed by atoms with Crippen LogP contribution in [0, 0.1) is 13.8 Å². The first-order valence-corrected chi connectivity index (χ1v) is 28.5. The zero-order chi connectivity index (χ0) is 54.5. The number of para-hydroxylation sites is 3. The monoisotopic (exact) mass is 1050 g/mol. The summed E-state index contributed by atoms with van der Waals surface area (Å²) >= 11 is 0. The Hall–Kier alpha value is -10.5. The SMILES string of the molecule is Cc1ccccc1-c1cccc(N(c2cccc(-c3ccccc3C)c2)c2cc3c(c4c2-c2ccc(N(c5ccccc5)c5ccccc5)cc2C42c4ccccc4-c4ccccc42)c2ccc4ccccc4c2n3-c2ccccc2)c1. The fourth-order valence-electron chi connectivity index (χ4n) is 14.2. The van der Waals surface area contributed by atoms with E-state index >= 15 is 0 Å². The molecular weight excluding hydrogens is 991 g/mol. The molecule has 0 radical (unpaired) electrons. The second-order valence-corrected chi connectivity index (χ2v) is 22.0. The summed E-state index contributed by atoms with van der Waals surface area (Å²) in [7, 11) is 0. The Morgan fingerprint density at radius 2 is 0.829 bits per heavy atom. The van der Waals surface area contributed by atoms with E-state index in [-0.39, 0.29) is 0 Å². The second kappa shape index (κ2) is 18.8. The van der Waals surface area contributed by atoms with Gasteiger partial charge in [0.2, 0.25) is 0 Å². The van der Waals surface area contributed by atoms with Gasteiger partial charge in [0, 0.05) is 55.8 Å². The standard InChI is InChI=1S/C79H55N3/c1-52-24-12-15-37-63(52)55-27-22-35-60(48-55)81(61-36-23-28-56(49-61)64-38-16-13-25-53(64)2)73-51-74-76(69-46-44-54-26-14-17-39-65(54)78(69)82(74)59-33-10-5-11-34-59)77-75(73)68-47-45-62(80(57-29-6-3-7-30-57)58-31-8-4-9-32-58)50-72(68)79(77)70-42-20-18-40-66(70)67-41-19-21-43-71(67)79/h3-51H,1-2H3. The third kappa shape index (κ3) is 7.09. The maximum absolute atomic E-state index is 2.58. The number of hydrogen-bond acceptors (Lipinski definition) is 2. The Kier molecular flexibility index (Phi) is 10.9. The first kappa shape index (κ1) is 47.5. The Morgan fingerprint density at radius 3 is 1.43 bits per heavy atom. The molecule has 3 heteroatoms. The van der Waals surface area contributed by atoms with Crippen LogP contribution in [0.3, 0.4) is 0 Å². The number of anilines is 6. The fraction of sp³-hybridized carbons (Fsp3) is 0.0380. The van der Waals surface area contributed by atoms with Crippen molar-refractivity contribution >= 4 is 66.7 Å². The normalized spacial score (nSPS) is 12.6. The lowest BCUT2D eigenvalue weighted by Crippen LogP contribution is -2.27.